The van der Waals surface area contributed by atoms with Crippen LogP contribution < -0.4 is 4.74 Å². The first-order chi connectivity index (χ1) is 19.5. The molecule has 2 heterocycles. The molecule has 1 fully saturated rings. The van der Waals surface area contributed by atoms with E-state index in [9.17, 15) is 9.59 Å². The zero-order valence-corrected chi connectivity index (χ0v) is 23.7. The fourth-order valence-electron chi connectivity index (χ4n) is 4.61. The average Bonchev–Trinajstić information content (AvgIpc) is 3.40. The van der Waals surface area contributed by atoms with E-state index in [0.717, 1.165) is 43.0 Å². The number of unbranched alkanes of at least 4 members (excludes halogenated alkanes) is 1. The van der Waals surface area contributed by atoms with Crippen molar-refractivity contribution >= 4 is 11.8 Å². The maximum atomic E-state index is 13.8. The van der Waals surface area contributed by atoms with Crippen molar-refractivity contribution < 1.29 is 23.5 Å². The number of ether oxygens (including phenoxy) is 2. The van der Waals surface area contributed by atoms with E-state index in [1.807, 2.05) is 61.5 Å². The Balaban J connectivity index is 1.50. The minimum absolute atomic E-state index is 0.0234. The van der Waals surface area contributed by atoms with Gasteiger partial charge in [0.25, 0.3) is 5.91 Å². The molecule has 0 spiro atoms. The van der Waals surface area contributed by atoms with Crippen molar-refractivity contribution in [3.63, 3.8) is 0 Å². The molecule has 214 valence electrons. The van der Waals surface area contributed by atoms with E-state index >= 15 is 0 Å². The predicted molar refractivity (Wildman–Crippen MR) is 154 cm³/mol. The maximum Gasteiger partial charge on any atom is 0.254 e. The zero-order valence-electron chi connectivity index (χ0n) is 23.7. The summed E-state index contributed by atoms with van der Waals surface area (Å²) in [5.41, 5.74) is 1.55. The molecule has 40 heavy (non-hydrogen) atoms. The van der Waals surface area contributed by atoms with Crippen molar-refractivity contribution in [1.82, 2.24) is 14.7 Å². The Morgan fingerprint density at radius 3 is 2.35 bits per heavy atom. The van der Waals surface area contributed by atoms with E-state index in [1.54, 1.807) is 21.9 Å². The molecule has 0 unspecified atom stereocenters. The Bertz CT molecular complexity index is 1190. The van der Waals surface area contributed by atoms with Crippen molar-refractivity contribution in [2.24, 2.45) is 0 Å². The quantitative estimate of drug-likeness (QED) is 0.271. The third-order valence-corrected chi connectivity index (χ3v) is 6.98. The van der Waals surface area contributed by atoms with Gasteiger partial charge in [-0.1, -0.05) is 43.7 Å². The molecule has 8 heteroatoms. The van der Waals surface area contributed by atoms with Gasteiger partial charge in [-0.2, -0.15) is 0 Å². The van der Waals surface area contributed by atoms with Crippen LogP contribution in [0, 0.1) is 6.92 Å². The van der Waals surface area contributed by atoms with Crippen LogP contribution in [0.2, 0.25) is 0 Å². The van der Waals surface area contributed by atoms with Gasteiger partial charge in [0.15, 0.2) is 0 Å². The number of hydrogen-bond acceptors (Lipinski definition) is 6. The van der Waals surface area contributed by atoms with Crippen LogP contribution in [0.3, 0.4) is 0 Å². The van der Waals surface area contributed by atoms with Crippen LogP contribution in [0.15, 0.2) is 71.1 Å². The Kier molecular flexibility index (Phi) is 11.2. The fraction of sp³-hybridized carbons (Fsp3) is 0.438. The third-order valence-electron chi connectivity index (χ3n) is 6.98. The molecule has 0 N–H and O–H groups in total. The summed E-state index contributed by atoms with van der Waals surface area (Å²) in [5, 5.41) is 0. The molecule has 0 radical (unpaired) electrons. The maximum absolute atomic E-state index is 13.8. The third kappa shape index (κ3) is 8.96. The van der Waals surface area contributed by atoms with Crippen LogP contribution in [-0.2, 0) is 22.6 Å². The van der Waals surface area contributed by atoms with E-state index < -0.39 is 0 Å². The Hall–Kier alpha value is -3.62. The normalized spacial score (nSPS) is 13.7. The van der Waals surface area contributed by atoms with Crippen molar-refractivity contribution in [3.05, 3.63) is 89.4 Å². The number of benzene rings is 2. The molecule has 2 aromatic carbocycles. The highest BCUT2D eigenvalue weighted by atomic mass is 16.5. The van der Waals surface area contributed by atoms with Gasteiger partial charge in [0.1, 0.15) is 23.8 Å². The summed E-state index contributed by atoms with van der Waals surface area (Å²) < 4.78 is 17.0. The number of hydrogen-bond donors (Lipinski definition) is 0. The lowest BCUT2D eigenvalue weighted by Crippen LogP contribution is -2.47. The molecule has 2 amide bonds. The number of morpholine rings is 1. The second kappa shape index (κ2) is 15.2. The summed E-state index contributed by atoms with van der Waals surface area (Å²) in [6.45, 7) is 9.50. The van der Waals surface area contributed by atoms with Crippen LogP contribution >= 0.6 is 0 Å². The molecular formula is C32H41N3O5. The molecule has 0 saturated carbocycles. The van der Waals surface area contributed by atoms with Gasteiger partial charge < -0.3 is 23.7 Å². The number of nitrogens with zero attached hydrogens (tertiary/aromatic N) is 3. The van der Waals surface area contributed by atoms with E-state index in [1.165, 1.54) is 0 Å². The molecule has 0 bridgehead atoms. The minimum atomic E-state index is -0.171. The van der Waals surface area contributed by atoms with Crippen LogP contribution in [-0.4, -0.2) is 79.1 Å². The first-order valence-electron chi connectivity index (χ1n) is 14.2. The largest absolute Gasteiger partial charge is 0.494 e. The average molecular weight is 548 g/mol. The lowest BCUT2D eigenvalue weighted by molar-refractivity contribution is -0.133. The van der Waals surface area contributed by atoms with Crippen LogP contribution in [0.5, 0.6) is 5.75 Å². The summed E-state index contributed by atoms with van der Waals surface area (Å²) in [6, 6.07) is 20.9. The summed E-state index contributed by atoms with van der Waals surface area (Å²) >= 11 is 0. The molecule has 1 aromatic heterocycles. The van der Waals surface area contributed by atoms with Crippen LogP contribution in [0.4, 0.5) is 0 Å². The van der Waals surface area contributed by atoms with E-state index in [4.69, 9.17) is 13.9 Å². The SMILES string of the molecule is CCCCOc1ccc(C(=O)N(CCN2CCOCC2)CC(=O)N(Cc2ccccc2)Cc2ccc(C)o2)cc1. The van der Waals surface area contributed by atoms with Crippen LogP contribution in [0.25, 0.3) is 0 Å². The van der Waals surface area contributed by atoms with E-state index in [2.05, 4.69) is 11.8 Å². The lowest BCUT2D eigenvalue weighted by Gasteiger charge is -2.31. The number of amides is 2. The van der Waals surface area contributed by atoms with E-state index in [-0.39, 0.29) is 18.4 Å². The highest BCUT2D eigenvalue weighted by Gasteiger charge is 2.24. The van der Waals surface area contributed by atoms with Gasteiger partial charge in [-0.3, -0.25) is 14.5 Å². The predicted octanol–water partition coefficient (Wildman–Crippen LogP) is 4.77. The fourth-order valence-corrected chi connectivity index (χ4v) is 4.61. The number of furan rings is 1. The topological polar surface area (TPSA) is 75.5 Å². The summed E-state index contributed by atoms with van der Waals surface area (Å²) in [6.07, 6.45) is 2.04. The van der Waals surface area contributed by atoms with Gasteiger partial charge in [0.2, 0.25) is 5.91 Å². The second-order valence-electron chi connectivity index (χ2n) is 10.2. The molecular weight excluding hydrogens is 506 g/mol. The summed E-state index contributed by atoms with van der Waals surface area (Å²) in [4.78, 5) is 33.2. The molecule has 1 aliphatic heterocycles. The van der Waals surface area contributed by atoms with Gasteiger partial charge in [-0.25, -0.2) is 0 Å². The molecule has 0 aliphatic carbocycles. The van der Waals surface area contributed by atoms with Crippen molar-refractivity contribution in [2.75, 3.05) is 52.5 Å². The monoisotopic (exact) mass is 547 g/mol. The minimum Gasteiger partial charge on any atom is -0.494 e. The second-order valence-corrected chi connectivity index (χ2v) is 10.2. The summed E-state index contributed by atoms with van der Waals surface area (Å²) in [7, 11) is 0. The standard InChI is InChI=1S/C32H41N3O5/c1-3-4-20-39-29-14-11-28(12-15-29)32(37)34(17-16-33-18-21-38-22-19-33)25-31(36)35(23-27-8-6-5-7-9-27)24-30-13-10-26(2)40-30/h5-15H,3-4,16-25H2,1-2H3. The first kappa shape index (κ1) is 29.4. The van der Waals surface area contributed by atoms with Crippen molar-refractivity contribution in [1.29, 1.82) is 0 Å². The lowest BCUT2D eigenvalue weighted by atomic mass is 10.1. The van der Waals surface area contributed by atoms with Crippen LogP contribution in [0.1, 0.15) is 47.2 Å². The number of aryl methyl sites for hydroxylation is 1. The van der Waals surface area contributed by atoms with Gasteiger partial charge in [-0.15, -0.1) is 0 Å². The highest BCUT2D eigenvalue weighted by molar-refractivity contribution is 5.96. The smallest absolute Gasteiger partial charge is 0.254 e. The molecule has 4 rings (SSSR count). The molecule has 1 aliphatic rings. The molecule has 8 nitrogen and oxygen atoms in total. The molecule has 1 saturated heterocycles. The first-order valence-corrected chi connectivity index (χ1v) is 14.2. The summed E-state index contributed by atoms with van der Waals surface area (Å²) in [5.74, 6) is 1.95. The number of rotatable bonds is 14. The van der Waals surface area contributed by atoms with Gasteiger partial charge in [-0.05, 0) is 55.3 Å². The highest BCUT2D eigenvalue weighted by Crippen LogP contribution is 2.17. The Labute approximate surface area is 237 Å². The van der Waals surface area contributed by atoms with Crippen molar-refractivity contribution in [2.45, 2.75) is 39.8 Å². The number of carbonyl (C=O) groups is 2. The number of carbonyl (C=O) groups excluding carboxylic acids is 2. The molecule has 0 atom stereocenters. The van der Waals surface area contributed by atoms with E-state index in [0.29, 0.717) is 57.3 Å². The van der Waals surface area contributed by atoms with Gasteiger partial charge in [0, 0.05) is 38.3 Å². The Morgan fingerprint density at radius 1 is 0.925 bits per heavy atom. The zero-order chi connectivity index (χ0) is 28.2. The van der Waals surface area contributed by atoms with Crippen molar-refractivity contribution in [3.8, 4) is 5.75 Å². The van der Waals surface area contributed by atoms with Gasteiger partial charge >= 0.3 is 0 Å². The molecule has 3 aromatic rings. The van der Waals surface area contributed by atoms with Gasteiger partial charge in [0.05, 0.1) is 26.4 Å². The Morgan fingerprint density at radius 2 is 1.68 bits per heavy atom.